The molecule has 1 atom stereocenters. The Balaban J connectivity index is 2.10. The molecule has 4 nitrogen and oxygen atoms in total. The predicted octanol–water partition coefficient (Wildman–Crippen LogP) is 2.69. The van der Waals surface area contributed by atoms with E-state index in [4.69, 9.17) is 16.3 Å². The first-order chi connectivity index (χ1) is 9.69. The molecule has 0 aliphatic carbocycles. The van der Waals surface area contributed by atoms with Gasteiger partial charge in [0.25, 0.3) is 0 Å². The average Bonchev–Trinajstić information content (AvgIpc) is 2.45. The minimum Gasteiger partial charge on any atom is -0.495 e. The smallest absolute Gasteiger partial charge is 0.138 e. The van der Waals surface area contributed by atoms with Crippen LogP contribution in [0.25, 0.3) is 10.9 Å². The highest BCUT2D eigenvalue weighted by Crippen LogP contribution is 2.34. The van der Waals surface area contributed by atoms with Gasteiger partial charge in [0.1, 0.15) is 5.75 Å². The van der Waals surface area contributed by atoms with E-state index < -0.39 is 0 Å². The monoisotopic (exact) mass is 291 g/mol. The number of methoxy groups -OCH3 is 1. The zero-order valence-electron chi connectivity index (χ0n) is 11.7. The highest BCUT2D eigenvalue weighted by atomic mass is 35.5. The van der Waals surface area contributed by atoms with Gasteiger partial charge in [0.05, 0.1) is 17.6 Å². The van der Waals surface area contributed by atoms with Gasteiger partial charge < -0.3 is 15.0 Å². The van der Waals surface area contributed by atoms with Gasteiger partial charge in [-0.2, -0.15) is 0 Å². The van der Waals surface area contributed by atoms with Crippen LogP contribution in [0.5, 0.6) is 5.75 Å². The number of hydrogen-bond donors (Lipinski definition) is 1. The molecule has 0 bridgehead atoms. The molecular formula is C15H18ClN3O. The van der Waals surface area contributed by atoms with Gasteiger partial charge in [0.2, 0.25) is 0 Å². The lowest BCUT2D eigenvalue weighted by Crippen LogP contribution is -2.49. The van der Waals surface area contributed by atoms with Crippen molar-refractivity contribution in [2.75, 3.05) is 31.6 Å². The number of fused-ring (bicyclic) bond motifs is 1. The molecule has 3 rings (SSSR count). The van der Waals surface area contributed by atoms with Gasteiger partial charge in [-0.15, -0.1) is 0 Å². The molecule has 0 spiro atoms. The molecule has 1 fully saturated rings. The molecule has 1 aliphatic heterocycles. The van der Waals surface area contributed by atoms with Crippen molar-refractivity contribution in [2.45, 2.75) is 13.0 Å². The molecular weight excluding hydrogens is 274 g/mol. The lowest BCUT2D eigenvalue weighted by atomic mass is 10.1. The molecule has 1 N–H and O–H groups in total. The first-order valence-electron chi connectivity index (χ1n) is 6.79. The maximum atomic E-state index is 6.18. The first-order valence-corrected chi connectivity index (χ1v) is 7.17. The first kappa shape index (κ1) is 13.5. The molecule has 2 heterocycles. The summed E-state index contributed by atoms with van der Waals surface area (Å²) in [5, 5.41) is 5.14. The predicted molar refractivity (Wildman–Crippen MR) is 83.0 cm³/mol. The Hall–Kier alpha value is -1.52. The number of rotatable bonds is 2. The second-order valence-corrected chi connectivity index (χ2v) is 5.54. The van der Waals surface area contributed by atoms with Crippen LogP contribution in [0.4, 0.5) is 5.69 Å². The van der Waals surface area contributed by atoms with Crippen LogP contribution < -0.4 is 15.0 Å². The Morgan fingerprint density at radius 2 is 2.30 bits per heavy atom. The number of pyridine rings is 1. The summed E-state index contributed by atoms with van der Waals surface area (Å²) in [7, 11) is 1.63. The average molecular weight is 292 g/mol. The number of ether oxygens (including phenoxy) is 1. The number of halogens is 1. The SMILES string of the molecule is COc1cc2c(N3CCNC(C)C3)ccnc2cc1Cl. The van der Waals surface area contributed by atoms with Crippen LogP contribution in [0, 0.1) is 0 Å². The third kappa shape index (κ3) is 2.41. The van der Waals surface area contributed by atoms with Crippen LogP contribution in [0.3, 0.4) is 0 Å². The largest absolute Gasteiger partial charge is 0.495 e. The summed E-state index contributed by atoms with van der Waals surface area (Å²) >= 11 is 6.18. The van der Waals surface area contributed by atoms with Crippen molar-refractivity contribution in [1.29, 1.82) is 0 Å². The van der Waals surface area contributed by atoms with Crippen molar-refractivity contribution >= 4 is 28.2 Å². The van der Waals surface area contributed by atoms with E-state index in [2.05, 4.69) is 28.2 Å². The van der Waals surface area contributed by atoms with Crippen LogP contribution in [0.2, 0.25) is 5.02 Å². The van der Waals surface area contributed by atoms with E-state index in [1.54, 1.807) is 7.11 Å². The Bertz CT molecular complexity index is 632. The van der Waals surface area contributed by atoms with Crippen molar-refractivity contribution in [1.82, 2.24) is 10.3 Å². The number of benzene rings is 1. The quantitative estimate of drug-likeness (QED) is 0.923. The summed E-state index contributed by atoms with van der Waals surface area (Å²) < 4.78 is 5.33. The van der Waals surface area contributed by atoms with E-state index in [1.807, 2.05) is 18.3 Å². The van der Waals surface area contributed by atoms with Gasteiger partial charge >= 0.3 is 0 Å². The number of piperazine rings is 1. The summed E-state index contributed by atoms with van der Waals surface area (Å²) in [5.74, 6) is 0.691. The van der Waals surface area contributed by atoms with Crippen molar-refractivity contribution < 1.29 is 4.74 Å². The zero-order valence-corrected chi connectivity index (χ0v) is 12.4. The standard InChI is InChI=1S/C15H18ClN3O/c1-10-9-19(6-5-17-10)14-3-4-18-13-8-12(16)15(20-2)7-11(13)14/h3-4,7-8,10,17H,5-6,9H2,1-2H3. The van der Waals surface area contributed by atoms with Crippen LogP contribution in [0.1, 0.15) is 6.92 Å². The molecule has 1 aromatic heterocycles. The van der Waals surface area contributed by atoms with E-state index in [1.165, 1.54) is 5.69 Å². The molecule has 20 heavy (non-hydrogen) atoms. The van der Waals surface area contributed by atoms with E-state index in [0.717, 1.165) is 30.5 Å². The molecule has 0 radical (unpaired) electrons. The molecule has 1 saturated heterocycles. The van der Waals surface area contributed by atoms with Crippen molar-refractivity contribution in [2.24, 2.45) is 0 Å². The van der Waals surface area contributed by atoms with Gasteiger partial charge in [0.15, 0.2) is 0 Å². The van der Waals surface area contributed by atoms with E-state index in [0.29, 0.717) is 16.8 Å². The molecule has 1 unspecified atom stereocenters. The third-order valence-corrected chi connectivity index (χ3v) is 4.00. The van der Waals surface area contributed by atoms with Crippen molar-refractivity contribution in [3.05, 3.63) is 29.4 Å². The van der Waals surface area contributed by atoms with Gasteiger partial charge in [-0.05, 0) is 25.1 Å². The summed E-state index contributed by atoms with van der Waals surface area (Å²) in [5.41, 5.74) is 2.10. The lowest BCUT2D eigenvalue weighted by molar-refractivity contribution is 0.415. The number of nitrogens with zero attached hydrogens (tertiary/aromatic N) is 2. The number of hydrogen-bond acceptors (Lipinski definition) is 4. The molecule has 2 aromatic rings. The van der Waals surface area contributed by atoms with E-state index in [-0.39, 0.29) is 0 Å². The Morgan fingerprint density at radius 3 is 3.05 bits per heavy atom. The van der Waals surface area contributed by atoms with Crippen LogP contribution >= 0.6 is 11.6 Å². The fourth-order valence-electron chi connectivity index (χ4n) is 2.72. The topological polar surface area (TPSA) is 37.4 Å². The summed E-state index contributed by atoms with van der Waals surface area (Å²) in [4.78, 5) is 6.80. The Kier molecular flexibility index (Phi) is 3.68. The molecule has 0 amide bonds. The molecule has 106 valence electrons. The summed E-state index contributed by atoms with van der Waals surface area (Å²) in [6.07, 6.45) is 1.84. The van der Waals surface area contributed by atoms with Gasteiger partial charge in [-0.3, -0.25) is 4.98 Å². The zero-order chi connectivity index (χ0) is 14.1. The number of anilines is 1. The number of aromatic nitrogens is 1. The lowest BCUT2D eigenvalue weighted by Gasteiger charge is -2.34. The van der Waals surface area contributed by atoms with Crippen LogP contribution in [0.15, 0.2) is 24.4 Å². The maximum absolute atomic E-state index is 6.18. The number of nitrogens with one attached hydrogen (secondary N) is 1. The molecule has 1 aromatic carbocycles. The van der Waals surface area contributed by atoms with Crippen molar-refractivity contribution in [3.63, 3.8) is 0 Å². The minimum absolute atomic E-state index is 0.487. The van der Waals surface area contributed by atoms with E-state index >= 15 is 0 Å². The highest BCUT2D eigenvalue weighted by molar-refractivity contribution is 6.32. The normalized spacial score (nSPS) is 19.4. The fraction of sp³-hybridized carbons (Fsp3) is 0.400. The second-order valence-electron chi connectivity index (χ2n) is 5.14. The molecule has 5 heteroatoms. The molecule has 0 saturated carbocycles. The fourth-order valence-corrected chi connectivity index (χ4v) is 2.95. The van der Waals surface area contributed by atoms with Gasteiger partial charge in [0, 0.05) is 42.9 Å². The van der Waals surface area contributed by atoms with Gasteiger partial charge in [-0.1, -0.05) is 11.6 Å². The Morgan fingerprint density at radius 1 is 1.45 bits per heavy atom. The van der Waals surface area contributed by atoms with E-state index in [9.17, 15) is 0 Å². The van der Waals surface area contributed by atoms with Gasteiger partial charge in [-0.25, -0.2) is 0 Å². The maximum Gasteiger partial charge on any atom is 0.138 e. The summed E-state index contributed by atoms with van der Waals surface area (Å²) in [6.45, 7) is 5.18. The van der Waals surface area contributed by atoms with Crippen molar-refractivity contribution in [3.8, 4) is 5.75 Å². The highest BCUT2D eigenvalue weighted by Gasteiger charge is 2.18. The molecule has 1 aliphatic rings. The van der Waals surface area contributed by atoms with Crippen LogP contribution in [-0.2, 0) is 0 Å². The third-order valence-electron chi connectivity index (χ3n) is 3.70. The summed E-state index contributed by atoms with van der Waals surface area (Å²) in [6, 6.07) is 6.40. The second kappa shape index (κ2) is 5.46. The van der Waals surface area contributed by atoms with Crippen LogP contribution in [-0.4, -0.2) is 37.8 Å². The Labute approximate surface area is 123 Å². The minimum atomic E-state index is 0.487.